The Hall–Kier alpha value is -0.900. The van der Waals surface area contributed by atoms with Crippen molar-refractivity contribution in [1.29, 1.82) is 0 Å². The van der Waals surface area contributed by atoms with Crippen LogP contribution in [0.5, 0.6) is 0 Å². The van der Waals surface area contributed by atoms with Crippen LogP contribution in [-0.4, -0.2) is 43.3 Å². The molecule has 1 saturated heterocycles. The highest BCUT2D eigenvalue weighted by atomic mass is 16.5. The minimum absolute atomic E-state index is 0.112. The zero-order valence-electron chi connectivity index (χ0n) is 12.6. The molecule has 2 aliphatic rings. The lowest BCUT2D eigenvalue weighted by Crippen LogP contribution is -2.60. The van der Waals surface area contributed by atoms with E-state index >= 15 is 0 Å². The number of rotatable bonds is 3. The van der Waals surface area contributed by atoms with Crippen molar-refractivity contribution in [2.24, 2.45) is 11.7 Å². The van der Waals surface area contributed by atoms with Crippen LogP contribution in [-0.2, 0) is 17.6 Å². The minimum atomic E-state index is 0.112. The van der Waals surface area contributed by atoms with Gasteiger partial charge in [0.15, 0.2) is 0 Å². The van der Waals surface area contributed by atoms with E-state index in [-0.39, 0.29) is 5.54 Å². The fraction of sp³-hybridized carbons (Fsp3) is 0.647. The summed E-state index contributed by atoms with van der Waals surface area (Å²) in [4.78, 5) is 2.60. The highest BCUT2D eigenvalue weighted by Gasteiger charge is 2.43. The minimum Gasteiger partial charge on any atom is -0.380 e. The van der Waals surface area contributed by atoms with Gasteiger partial charge in [-0.2, -0.15) is 0 Å². The van der Waals surface area contributed by atoms with Crippen molar-refractivity contribution in [1.82, 2.24) is 4.90 Å². The second-order valence-electron chi connectivity index (χ2n) is 6.54. The number of methoxy groups -OCH3 is 1. The van der Waals surface area contributed by atoms with Crippen LogP contribution < -0.4 is 5.73 Å². The molecule has 1 aromatic rings. The smallest absolute Gasteiger partial charge is 0.0724 e. The van der Waals surface area contributed by atoms with Crippen molar-refractivity contribution in [3.05, 3.63) is 35.4 Å². The van der Waals surface area contributed by atoms with Crippen LogP contribution in [0.3, 0.4) is 0 Å². The zero-order chi connectivity index (χ0) is 14.2. The third-order valence-corrected chi connectivity index (χ3v) is 5.40. The summed E-state index contributed by atoms with van der Waals surface area (Å²) in [6, 6.07) is 8.80. The first-order chi connectivity index (χ1) is 9.68. The number of fused-ring (bicyclic) bond motifs is 1. The van der Waals surface area contributed by atoms with Crippen LogP contribution in [0.4, 0.5) is 0 Å². The first-order valence-electron chi connectivity index (χ1n) is 7.73. The van der Waals surface area contributed by atoms with Crippen molar-refractivity contribution in [2.75, 3.05) is 26.7 Å². The molecule has 0 radical (unpaired) electrons. The molecule has 3 nitrogen and oxygen atoms in total. The zero-order valence-corrected chi connectivity index (χ0v) is 12.6. The standard InChI is InChI=1S/C17H26N2O/c1-13-7-8-19(11-16(13)20-2)17(12-18)9-14-5-3-4-6-15(14)10-17/h3-6,13,16H,7-12,18H2,1-2H3. The summed E-state index contributed by atoms with van der Waals surface area (Å²) in [5.41, 5.74) is 9.28. The predicted octanol–water partition coefficient (Wildman–Crippen LogP) is 1.84. The van der Waals surface area contributed by atoms with E-state index in [1.165, 1.54) is 17.5 Å². The van der Waals surface area contributed by atoms with Gasteiger partial charge in [-0.1, -0.05) is 31.2 Å². The van der Waals surface area contributed by atoms with E-state index in [1.54, 1.807) is 0 Å². The molecular formula is C17H26N2O. The molecule has 0 amide bonds. The number of ether oxygens (including phenoxy) is 1. The van der Waals surface area contributed by atoms with Gasteiger partial charge in [-0.25, -0.2) is 0 Å². The summed E-state index contributed by atoms with van der Waals surface area (Å²) in [5, 5.41) is 0. The Morgan fingerprint density at radius 1 is 1.30 bits per heavy atom. The number of hydrogen-bond acceptors (Lipinski definition) is 3. The molecule has 2 N–H and O–H groups in total. The maximum absolute atomic E-state index is 6.22. The van der Waals surface area contributed by atoms with Gasteiger partial charge in [-0.15, -0.1) is 0 Å². The molecule has 2 atom stereocenters. The summed E-state index contributed by atoms with van der Waals surface area (Å²) < 4.78 is 5.68. The molecule has 3 rings (SSSR count). The van der Waals surface area contributed by atoms with E-state index in [9.17, 15) is 0 Å². The number of hydrogen-bond donors (Lipinski definition) is 1. The normalized spacial score (nSPS) is 29.4. The molecule has 3 heteroatoms. The Labute approximate surface area is 122 Å². The lowest BCUT2D eigenvalue weighted by molar-refractivity contribution is -0.0422. The van der Waals surface area contributed by atoms with Crippen molar-refractivity contribution in [3.8, 4) is 0 Å². The van der Waals surface area contributed by atoms with Gasteiger partial charge < -0.3 is 10.5 Å². The van der Waals surface area contributed by atoms with Crippen LogP contribution in [0.1, 0.15) is 24.5 Å². The number of nitrogens with two attached hydrogens (primary N) is 1. The SMILES string of the molecule is COC1CN(C2(CN)Cc3ccccc3C2)CCC1C. The number of likely N-dealkylation sites (tertiary alicyclic amines) is 1. The van der Waals surface area contributed by atoms with E-state index in [1.807, 2.05) is 7.11 Å². The van der Waals surface area contributed by atoms with Gasteiger partial charge in [0.1, 0.15) is 0 Å². The predicted molar refractivity (Wildman–Crippen MR) is 81.8 cm³/mol. The fourth-order valence-corrected chi connectivity index (χ4v) is 3.94. The largest absolute Gasteiger partial charge is 0.380 e. The van der Waals surface area contributed by atoms with Crippen molar-refractivity contribution >= 4 is 0 Å². The molecule has 0 aromatic heterocycles. The van der Waals surface area contributed by atoms with Gasteiger partial charge in [-0.05, 0) is 42.9 Å². The summed E-state index contributed by atoms with van der Waals surface area (Å²) in [7, 11) is 1.84. The Balaban J connectivity index is 1.81. The van der Waals surface area contributed by atoms with Gasteiger partial charge in [0.2, 0.25) is 0 Å². The van der Waals surface area contributed by atoms with E-state index in [2.05, 4.69) is 36.1 Å². The first kappa shape index (κ1) is 14.1. The highest BCUT2D eigenvalue weighted by Crippen LogP contribution is 2.36. The summed E-state index contributed by atoms with van der Waals surface area (Å²) in [5.74, 6) is 0.648. The van der Waals surface area contributed by atoms with E-state index < -0.39 is 0 Å². The molecule has 20 heavy (non-hydrogen) atoms. The molecule has 1 aromatic carbocycles. The number of nitrogens with zero attached hydrogens (tertiary/aromatic N) is 1. The third kappa shape index (κ3) is 2.28. The average Bonchev–Trinajstić information content (AvgIpc) is 2.87. The summed E-state index contributed by atoms with van der Waals surface area (Å²) in [6.07, 6.45) is 3.72. The Bertz CT molecular complexity index is 449. The van der Waals surface area contributed by atoms with E-state index in [0.29, 0.717) is 12.0 Å². The van der Waals surface area contributed by atoms with Gasteiger partial charge in [0, 0.05) is 25.7 Å². The Kier molecular flexibility index (Phi) is 3.85. The highest BCUT2D eigenvalue weighted by molar-refractivity contribution is 5.36. The number of benzene rings is 1. The van der Waals surface area contributed by atoms with Gasteiger partial charge in [0.25, 0.3) is 0 Å². The lowest BCUT2D eigenvalue weighted by atomic mass is 9.87. The van der Waals surface area contributed by atoms with Gasteiger partial charge in [-0.3, -0.25) is 4.90 Å². The van der Waals surface area contributed by atoms with Crippen LogP contribution in [0.2, 0.25) is 0 Å². The van der Waals surface area contributed by atoms with Gasteiger partial charge in [0.05, 0.1) is 6.10 Å². The maximum atomic E-state index is 6.22. The Morgan fingerprint density at radius 3 is 2.50 bits per heavy atom. The van der Waals surface area contributed by atoms with Crippen molar-refractivity contribution in [3.63, 3.8) is 0 Å². The third-order valence-electron chi connectivity index (χ3n) is 5.40. The fourth-order valence-electron chi connectivity index (χ4n) is 3.94. The number of piperidine rings is 1. The molecule has 1 aliphatic carbocycles. The van der Waals surface area contributed by atoms with Crippen LogP contribution in [0.25, 0.3) is 0 Å². The molecule has 1 fully saturated rings. The van der Waals surface area contributed by atoms with Gasteiger partial charge >= 0.3 is 0 Å². The van der Waals surface area contributed by atoms with E-state index in [4.69, 9.17) is 10.5 Å². The molecule has 0 spiro atoms. The molecule has 110 valence electrons. The first-order valence-corrected chi connectivity index (χ1v) is 7.73. The molecule has 1 heterocycles. The maximum Gasteiger partial charge on any atom is 0.0724 e. The Morgan fingerprint density at radius 2 is 1.95 bits per heavy atom. The molecule has 2 unspecified atom stereocenters. The average molecular weight is 274 g/mol. The summed E-state index contributed by atoms with van der Waals surface area (Å²) >= 11 is 0. The van der Waals surface area contributed by atoms with Crippen LogP contribution in [0.15, 0.2) is 24.3 Å². The molecular weight excluding hydrogens is 248 g/mol. The van der Waals surface area contributed by atoms with Crippen LogP contribution >= 0.6 is 0 Å². The quantitative estimate of drug-likeness (QED) is 0.914. The molecule has 0 bridgehead atoms. The second kappa shape index (κ2) is 5.47. The van der Waals surface area contributed by atoms with Crippen molar-refractivity contribution in [2.45, 2.75) is 37.8 Å². The van der Waals surface area contributed by atoms with Crippen molar-refractivity contribution < 1.29 is 4.74 Å². The lowest BCUT2D eigenvalue weighted by Gasteiger charge is -2.46. The second-order valence-corrected chi connectivity index (χ2v) is 6.54. The van der Waals surface area contributed by atoms with Crippen LogP contribution in [0, 0.1) is 5.92 Å². The molecule has 1 aliphatic heterocycles. The van der Waals surface area contributed by atoms with E-state index in [0.717, 1.165) is 32.5 Å². The monoisotopic (exact) mass is 274 g/mol. The topological polar surface area (TPSA) is 38.5 Å². The molecule has 0 saturated carbocycles. The summed E-state index contributed by atoms with van der Waals surface area (Å²) in [6.45, 7) is 5.19.